The van der Waals surface area contributed by atoms with Crippen molar-refractivity contribution < 1.29 is 19.4 Å². The van der Waals surface area contributed by atoms with Crippen LogP contribution in [0.2, 0.25) is 5.02 Å². The minimum absolute atomic E-state index is 0.0251. The zero-order valence-electron chi connectivity index (χ0n) is 13.5. The molecule has 7 heteroatoms. The zero-order valence-corrected chi connectivity index (χ0v) is 14.3. The number of anilines is 1. The number of hydrogen-bond acceptors (Lipinski definition) is 2. The van der Waals surface area contributed by atoms with E-state index >= 15 is 0 Å². The van der Waals surface area contributed by atoms with Gasteiger partial charge in [-0.25, -0.2) is 0 Å². The van der Waals surface area contributed by atoms with E-state index in [0.29, 0.717) is 23.8 Å². The van der Waals surface area contributed by atoms with Crippen LogP contribution in [0.5, 0.6) is 0 Å². The number of quaternary nitrogens is 2. The topological polar surface area (TPSA) is 67.1 Å². The van der Waals surface area contributed by atoms with E-state index in [-0.39, 0.29) is 18.4 Å². The molecule has 0 radical (unpaired) electrons. The van der Waals surface area contributed by atoms with Crippen molar-refractivity contribution in [2.24, 2.45) is 0 Å². The second kappa shape index (κ2) is 9.28. The summed E-state index contributed by atoms with van der Waals surface area (Å²) in [5.41, 5.74) is 0.637. The Bertz CT molecular complexity index is 621. The van der Waals surface area contributed by atoms with Crippen molar-refractivity contribution in [2.75, 3.05) is 51.1 Å². The molecule has 128 valence electrons. The molecule has 1 aliphatic rings. The summed E-state index contributed by atoms with van der Waals surface area (Å²) in [6.07, 6.45) is 5.12. The highest BCUT2D eigenvalue weighted by Crippen LogP contribution is 2.19. The standard InChI is InChI=1S/C17H21ClN4O2/c1-2-7-19-16(23)12-21-8-10-22(11-9-21)13-17(24)20-15-6-4-3-5-14(15)18/h1,3-6H,7-13H2,(H,19,23)(H,20,24)/p+2. The van der Waals surface area contributed by atoms with Crippen molar-refractivity contribution in [1.82, 2.24) is 5.32 Å². The normalized spacial score (nSPS) is 20.0. The lowest BCUT2D eigenvalue weighted by molar-refractivity contribution is -1.00. The lowest BCUT2D eigenvalue weighted by atomic mass is 10.3. The van der Waals surface area contributed by atoms with Crippen molar-refractivity contribution >= 4 is 29.1 Å². The molecule has 0 aliphatic carbocycles. The van der Waals surface area contributed by atoms with Crippen molar-refractivity contribution in [3.8, 4) is 12.3 Å². The minimum atomic E-state index is -0.0479. The van der Waals surface area contributed by atoms with E-state index in [9.17, 15) is 9.59 Å². The molecule has 1 aromatic carbocycles. The predicted molar refractivity (Wildman–Crippen MR) is 93.1 cm³/mol. The smallest absolute Gasteiger partial charge is 0.279 e. The number of para-hydroxylation sites is 1. The average Bonchev–Trinajstić information content (AvgIpc) is 2.57. The van der Waals surface area contributed by atoms with E-state index in [1.54, 1.807) is 12.1 Å². The number of nitrogens with one attached hydrogen (secondary N) is 4. The molecule has 1 heterocycles. The molecule has 1 saturated heterocycles. The number of rotatable bonds is 6. The maximum Gasteiger partial charge on any atom is 0.279 e. The third-order valence-corrected chi connectivity index (χ3v) is 4.35. The quantitative estimate of drug-likeness (QED) is 0.440. The van der Waals surface area contributed by atoms with Crippen LogP contribution in [-0.4, -0.2) is 57.6 Å². The first-order chi connectivity index (χ1) is 11.6. The average molecular weight is 351 g/mol. The molecule has 1 fully saturated rings. The molecule has 24 heavy (non-hydrogen) atoms. The predicted octanol–water partition coefficient (Wildman–Crippen LogP) is -2.19. The maximum absolute atomic E-state index is 12.1. The van der Waals surface area contributed by atoms with Crippen molar-refractivity contribution in [3.05, 3.63) is 29.3 Å². The summed E-state index contributed by atoms with van der Waals surface area (Å²) in [5.74, 6) is 2.32. The Hall–Kier alpha value is -2.07. The molecule has 2 rings (SSSR count). The molecule has 0 aromatic heterocycles. The molecule has 0 spiro atoms. The maximum atomic E-state index is 12.1. The lowest BCUT2D eigenvalue weighted by Crippen LogP contribution is -3.28. The highest BCUT2D eigenvalue weighted by Gasteiger charge is 2.26. The number of carbonyl (C=O) groups is 2. The van der Waals surface area contributed by atoms with Crippen LogP contribution >= 0.6 is 11.6 Å². The fourth-order valence-electron chi connectivity index (χ4n) is 2.73. The van der Waals surface area contributed by atoms with E-state index in [4.69, 9.17) is 18.0 Å². The Morgan fingerprint density at radius 1 is 1.08 bits per heavy atom. The monoisotopic (exact) mass is 350 g/mol. The van der Waals surface area contributed by atoms with Gasteiger partial charge in [-0.3, -0.25) is 9.59 Å². The van der Waals surface area contributed by atoms with Gasteiger partial charge in [0.05, 0.1) is 17.3 Å². The zero-order chi connectivity index (χ0) is 17.4. The number of carbonyl (C=O) groups excluding carboxylic acids is 2. The van der Waals surface area contributed by atoms with Crippen LogP contribution in [0.3, 0.4) is 0 Å². The van der Waals surface area contributed by atoms with Crippen LogP contribution in [-0.2, 0) is 9.59 Å². The molecule has 0 atom stereocenters. The van der Waals surface area contributed by atoms with Gasteiger partial charge in [0.2, 0.25) is 0 Å². The van der Waals surface area contributed by atoms with E-state index < -0.39 is 0 Å². The number of halogens is 1. The largest absolute Gasteiger partial charge is 0.340 e. The summed E-state index contributed by atoms with van der Waals surface area (Å²) in [5, 5.41) is 6.05. The van der Waals surface area contributed by atoms with Crippen LogP contribution < -0.4 is 20.4 Å². The van der Waals surface area contributed by atoms with Crippen molar-refractivity contribution in [3.63, 3.8) is 0 Å². The Morgan fingerprint density at radius 2 is 1.67 bits per heavy atom. The van der Waals surface area contributed by atoms with Crippen LogP contribution in [0.1, 0.15) is 0 Å². The molecule has 4 N–H and O–H groups in total. The van der Waals surface area contributed by atoms with E-state index in [1.165, 1.54) is 9.80 Å². The minimum Gasteiger partial charge on any atom is -0.340 e. The van der Waals surface area contributed by atoms with E-state index in [1.807, 2.05) is 12.1 Å². The van der Waals surface area contributed by atoms with Gasteiger partial charge < -0.3 is 20.4 Å². The third-order valence-electron chi connectivity index (χ3n) is 4.02. The van der Waals surface area contributed by atoms with Crippen LogP contribution in [0, 0.1) is 12.3 Å². The summed E-state index contributed by atoms with van der Waals surface area (Å²) in [7, 11) is 0. The van der Waals surface area contributed by atoms with Gasteiger partial charge in [-0.1, -0.05) is 29.7 Å². The van der Waals surface area contributed by atoms with E-state index in [0.717, 1.165) is 26.2 Å². The fraction of sp³-hybridized carbons (Fsp3) is 0.412. The third kappa shape index (κ3) is 5.85. The molecule has 6 nitrogen and oxygen atoms in total. The van der Waals surface area contributed by atoms with Crippen LogP contribution in [0.25, 0.3) is 0 Å². The first-order valence-electron chi connectivity index (χ1n) is 8.00. The van der Waals surface area contributed by atoms with Crippen molar-refractivity contribution in [1.29, 1.82) is 0 Å². The summed E-state index contributed by atoms with van der Waals surface area (Å²) >= 11 is 6.04. The van der Waals surface area contributed by atoms with Crippen LogP contribution in [0.15, 0.2) is 24.3 Å². The van der Waals surface area contributed by atoms with Gasteiger partial charge in [0.15, 0.2) is 13.1 Å². The summed E-state index contributed by atoms with van der Waals surface area (Å²) < 4.78 is 0. The molecule has 1 aliphatic heterocycles. The number of terminal acetylenes is 1. The molecule has 0 bridgehead atoms. The second-order valence-corrected chi connectivity index (χ2v) is 6.27. The van der Waals surface area contributed by atoms with Gasteiger partial charge in [0.25, 0.3) is 11.8 Å². The molecule has 0 saturated carbocycles. The highest BCUT2D eigenvalue weighted by atomic mass is 35.5. The first kappa shape index (κ1) is 18.3. The number of benzene rings is 1. The lowest BCUT2D eigenvalue weighted by Gasteiger charge is -2.28. The molecule has 0 unspecified atom stereocenters. The summed E-state index contributed by atoms with van der Waals surface area (Å²) in [6.45, 7) is 4.53. The number of amides is 2. The van der Waals surface area contributed by atoms with Gasteiger partial charge in [-0.2, -0.15) is 0 Å². The SMILES string of the molecule is C#CCNC(=O)C[NH+]1CC[NH+](CC(=O)Nc2ccccc2Cl)CC1. The summed E-state index contributed by atoms with van der Waals surface area (Å²) in [6, 6.07) is 7.19. The Labute approximate surface area is 147 Å². The molecular weight excluding hydrogens is 328 g/mol. The Balaban J connectivity index is 1.71. The fourth-order valence-corrected chi connectivity index (χ4v) is 2.92. The van der Waals surface area contributed by atoms with Gasteiger partial charge in [-0.15, -0.1) is 6.42 Å². The second-order valence-electron chi connectivity index (χ2n) is 5.86. The Kier molecular flexibility index (Phi) is 7.07. The van der Waals surface area contributed by atoms with E-state index in [2.05, 4.69) is 16.6 Å². The number of hydrogen-bond donors (Lipinski definition) is 4. The highest BCUT2D eigenvalue weighted by molar-refractivity contribution is 6.33. The van der Waals surface area contributed by atoms with Gasteiger partial charge in [0.1, 0.15) is 26.2 Å². The first-order valence-corrected chi connectivity index (χ1v) is 8.38. The molecule has 1 aromatic rings. The summed E-state index contributed by atoms with van der Waals surface area (Å²) in [4.78, 5) is 26.2. The number of piperazine rings is 1. The molecular formula is C17H23ClN4O2+2. The van der Waals surface area contributed by atoms with Gasteiger partial charge in [0, 0.05) is 0 Å². The van der Waals surface area contributed by atoms with Gasteiger partial charge in [-0.05, 0) is 12.1 Å². The Morgan fingerprint density at radius 3 is 2.25 bits per heavy atom. The van der Waals surface area contributed by atoms with Crippen LogP contribution in [0.4, 0.5) is 5.69 Å². The van der Waals surface area contributed by atoms with Crippen molar-refractivity contribution in [2.45, 2.75) is 0 Å². The molecule has 2 amide bonds. The van der Waals surface area contributed by atoms with Gasteiger partial charge >= 0.3 is 0 Å².